The van der Waals surface area contributed by atoms with E-state index in [4.69, 9.17) is 9.84 Å². The van der Waals surface area contributed by atoms with Gasteiger partial charge in [-0.1, -0.05) is 18.2 Å². The van der Waals surface area contributed by atoms with Gasteiger partial charge in [-0.15, -0.1) is 0 Å². The second-order valence-corrected chi connectivity index (χ2v) is 8.57. The smallest absolute Gasteiger partial charge is 0.164 e. The molecule has 1 aliphatic heterocycles. The third-order valence-corrected chi connectivity index (χ3v) is 6.52. The largest absolute Gasteiger partial charge is 0.457 e. The summed E-state index contributed by atoms with van der Waals surface area (Å²) in [6, 6.07) is 18.2. The Morgan fingerprint density at radius 1 is 1.00 bits per heavy atom. The third kappa shape index (κ3) is 3.04. The van der Waals surface area contributed by atoms with E-state index in [1.54, 1.807) is 6.33 Å². The maximum absolute atomic E-state index is 5.94. The molecule has 2 N–H and O–H groups in total. The zero-order chi connectivity index (χ0) is 20.8. The van der Waals surface area contributed by atoms with Crippen LogP contribution in [0.1, 0.15) is 18.9 Å². The van der Waals surface area contributed by atoms with Gasteiger partial charge < -0.3 is 15.4 Å². The summed E-state index contributed by atoms with van der Waals surface area (Å²) in [5.41, 5.74) is 3.29. The summed E-state index contributed by atoms with van der Waals surface area (Å²) in [5, 5.41) is 12.6. The molecule has 2 aromatic heterocycles. The van der Waals surface area contributed by atoms with Crippen molar-refractivity contribution in [1.82, 2.24) is 25.1 Å². The highest BCUT2D eigenvalue weighted by Gasteiger charge is 2.50. The highest BCUT2D eigenvalue weighted by molar-refractivity contribution is 5.99. The molecule has 2 aliphatic rings. The molecule has 0 atom stereocenters. The van der Waals surface area contributed by atoms with Crippen molar-refractivity contribution in [3.05, 3.63) is 60.9 Å². The molecule has 1 spiro atoms. The number of ether oxygens (including phenoxy) is 1. The normalized spacial score (nSPS) is 17.3. The van der Waals surface area contributed by atoms with E-state index in [2.05, 4.69) is 37.4 Å². The summed E-state index contributed by atoms with van der Waals surface area (Å²) in [6.07, 6.45) is 3.92. The number of hydrogen-bond acceptors (Lipinski definition) is 6. The number of fused-ring (bicyclic) bond motifs is 1. The fraction of sp³-hybridized carbons (Fsp3) is 0.292. The van der Waals surface area contributed by atoms with Crippen LogP contribution in [0.5, 0.6) is 11.5 Å². The molecule has 0 bridgehead atoms. The molecule has 4 aromatic rings. The van der Waals surface area contributed by atoms with Crippen LogP contribution in [0.15, 0.2) is 60.9 Å². The Hall–Kier alpha value is -3.45. The first-order chi connectivity index (χ1) is 15.2. The molecule has 1 saturated carbocycles. The molecule has 0 unspecified atom stereocenters. The van der Waals surface area contributed by atoms with E-state index >= 15 is 0 Å². The van der Waals surface area contributed by atoms with Gasteiger partial charge >= 0.3 is 0 Å². The minimum atomic E-state index is 0.388. The van der Waals surface area contributed by atoms with Crippen molar-refractivity contribution < 1.29 is 4.74 Å². The highest BCUT2D eigenvalue weighted by atomic mass is 16.5. The molecule has 156 valence electrons. The van der Waals surface area contributed by atoms with Crippen LogP contribution in [0.3, 0.4) is 0 Å². The van der Waals surface area contributed by atoms with Crippen LogP contribution in [0.2, 0.25) is 0 Å². The van der Waals surface area contributed by atoms with Crippen molar-refractivity contribution in [2.45, 2.75) is 18.9 Å². The van der Waals surface area contributed by atoms with Crippen molar-refractivity contribution in [3.8, 4) is 22.8 Å². The van der Waals surface area contributed by atoms with Gasteiger partial charge in [0.1, 0.15) is 29.3 Å². The maximum atomic E-state index is 5.94. The minimum absolute atomic E-state index is 0.388. The van der Waals surface area contributed by atoms with E-state index in [1.165, 1.54) is 0 Å². The maximum Gasteiger partial charge on any atom is 0.164 e. The van der Waals surface area contributed by atoms with Crippen LogP contribution >= 0.6 is 0 Å². The number of anilines is 1. The lowest BCUT2D eigenvalue weighted by atomic mass is 9.62. The quantitative estimate of drug-likeness (QED) is 0.510. The molecule has 7 heteroatoms. The van der Waals surface area contributed by atoms with Crippen LogP contribution in [0.4, 0.5) is 5.82 Å². The lowest BCUT2D eigenvalue weighted by molar-refractivity contribution is 0.00414. The predicted molar refractivity (Wildman–Crippen MR) is 120 cm³/mol. The SMILES string of the molecule is CNc1ncnc2c1c(-c1ccc(Oc3ccccc3)cc1)nn2C1CC2(CNC2)C1. The number of nitrogens with zero attached hydrogens (tertiary/aromatic N) is 4. The van der Waals surface area contributed by atoms with Crippen molar-refractivity contribution in [1.29, 1.82) is 0 Å². The van der Waals surface area contributed by atoms with E-state index in [1.807, 2.05) is 49.5 Å². The molecular formula is C24H24N6O. The first kappa shape index (κ1) is 18.3. The molecule has 2 aromatic carbocycles. The van der Waals surface area contributed by atoms with Crippen LogP contribution in [0.25, 0.3) is 22.3 Å². The van der Waals surface area contributed by atoms with Crippen molar-refractivity contribution in [2.24, 2.45) is 5.41 Å². The molecule has 2 fully saturated rings. The monoisotopic (exact) mass is 412 g/mol. The number of hydrogen-bond donors (Lipinski definition) is 2. The number of para-hydroxylation sites is 1. The average molecular weight is 412 g/mol. The zero-order valence-electron chi connectivity index (χ0n) is 17.4. The lowest BCUT2D eigenvalue weighted by Gasteiger charge is -2.54. The molecule has 31 heavy (non-hydrogen) atoms. The Kier molecular flexibility index (Phi) is 4.17. The molecule has 3 heterocycles. The minimum Gasteiger partial charge on any atom is -0.457 e. The number of benzene rings is 2. The van der Waals surface area contributed by atoms with E-state index in [0.717, 1.165) is 65.5 Å². The van der Waals surface area contributed by atoms with Gasteiger partial charge in [-0.3, -0.25) is 0 Å². The average Bonchev–Trinajstić information content (AvgIpc) is 3.13. The van der Waals surface area contributed by atoms with E-state index in [0.29, 0.717) is 11.5 Å². The summed E-state index contributed by atoms with van der Waals surface area (Å²) >= 11 is 0. The second kappa shape index (κ2) is 7.06. The van der Waals surface area contributed by atoms with Gasteiger partial charge in [-0.25, -0.2) is 14.6 Å². The van der Waals surface area contributed by atoms with Gasteiger partial charge in [0, 0.05) is 25.7 Å². The lowest BCUT2D eigenvalue weighted by Crippen LogP contribution is -2.60. The third-order valence-electron chi connectivity index (χ3n) is 6.52. The van der Waals surface area contributed by atoms with Crippen molar-refractivity contribution in [3.63, 3.8) is 0 Å². The second-order valence-electron chi connectivity index (χ2n) is 8.57. The molecule has 1 saturated heterocycles. The molecule has 7 nitrogen and oxygen atoms in total. The van der Waals surface area contributed by atoms with Crippen LogP contribution in [0, 0.1) is 5.41 Å². The standard InChI is InChI=1S/C24H24N6O/c1-25-22-20-21(16-7-9-19(10-8-16)31-18-5-3-2-4-6-18)29-30(23(20)28-15-27-22)17-11-24(12-17)13-26-14-24/h2-10,15,17,26H,11-14H2,1H3,(H,25,27,28). The number of rotatable bonds is 5. The van der Waals surface area contributed by atoms with Gasteiger partial charge in [0.2, 0.25) is 0 Å². The summed E-state index contributed by atoms with van der Waals surface area (Å²) in [4.78, 5) is 9.06. The van der Waals surface area contributed by atoms with Crippen molar-refractivity contribution >= 4 is 16.9 Å². The fourth-order valence-corrected chi connectivity index (χ4v) is 4.80. The van der Waals surface area contributed by atoms with E-state index in [9.17, 15) is 0 Å². The summed E-state index contributed by atoms with van der Waals surface area (Å²) in [5.74, 6) is 2.41. The number of nitrogens with one attached hydrogen (secondary N) is 2. The van der Waals surface area contributed by atoms with Gasteiger partial charge in [0.05, 0.1) is 11.4 Å². The summed E-state index contributed by atoms with van der Waals surface area (Å²) in [7, 11) is 1.89. The predicted octanol–water partition coefficient (Wildman–Crippen LogP) is 4.25. The fourth-order valence-electron chi connectivity index (χ4n) is 4.80. The highest BCUT2D eigenvalue weighted by Crippen LogP contribution is 2.52. The zero-order valence-corrected chi connectivity index (χ0v) is 17.4. The number of aromatic nitrogens is 4. The first-order valence-electron chi connectivity index (χ1n) is 10.7. The van der Waals surface area contributed by atoms with Gasteiger partial charge in [0.15, 0.2) is 5.65 Å². The molecule has 0 amide bonds. The topological polar surface area (TPSA) is 76.9 Å². The Morgan fingerprint density at radius 3 is 2.42 bits per heavy atom. The van der Waals surface area contributed by atoms with Crippen LogP contribution < -0.4 is 15.4 Å². The summed E-state index contributed by atoms with van der Waals surface area (Å²) < 4.78 is 8.06. The Bertz CT molecular complexity index is 1220. The van der Waals surface area contributed by atoms with Gasteiger partial charge in [-0.2, -0.15) is 5.10 Å². The Labute approximate surface area is 180 Å². The van der Waals surface area contributed by atoms with Gasteiger partial charge in [0.25, 0.3) is 0 Å². The molecule has 0 radical (unpaired) electrons. The van der Waals surface area contributed by atoms with Crippen molar-refractivity contribution in [2.75, 3.05) is 25.5 Å². The first-order valence-corrected chi connectivity index (χ1v) is 10.7. The van der Waals surface area contributed by atoms with Crippen LogP contribution in [-0.2, 0) is 0 Å². The van der Waals surface area contributed by atoms with Gasteiger partial charge in [-0.05, 0) is 54.7 Å². The molecule has 1 aliphatic carbocycles. The van der Waals surface area contributed by atoms with E-state index < -0.39 is 0 Å². The van der Waals surface area contributed by atoms with E-state index in [-0.39, 0.29) is 0 Å². The summed E-state index contributed by atoms with van der Waals surface area (Å²) in [6.45, 7) is 2.24. The Balaban J connectivity index is 1.36. The van der Waals surface area contributed by atoms with Crippen LogP contribution in [-0.4, -0.2) is 39.9 Å². The molecule has 6 rings (SSSR count). The Morgan fingerprint density at radius 2 is 1.74 bits per heavy atom. The molecular weight excluding hydrogens is 388 g/mol.